The van der Waals surface area contributed by atoms with Crippen LogP contribution in [0.2, 0.25) is 5.02 Å². The number of aromatic nitrogens is 3. The maximum absolute atomic E-state index is 12.6. The third-order valence-electron chi connectivity index (χ3n) is 4.92. The van der Waals surface area contributed by atoms with Gasteiger partial charge in [0.15, 0.2) is 5.16 Å². The number of hydrogen-bond acceptors (Lipinski definition) is 6. The van der Waals surface area contributed by atoms with Crippen molar-refractivity contribution in [2.45, 2.75) is 37.4 Å². The minimum atomic E-state index is -0.0806. The van der Waals surface area contributed by atoms with E-state index >= 15 is 0 Å². The first-order valence-electron chi connectivity index (χ1n) is 9.38. The van der Waals surface area contributed by atoms with Gasteiger partial charge in [-0.2, -0.15) is 0 Å². The maximum Gasteiger partial charge on any atom is 0.238 e. The van der Waals surface area contributed by atoms with E-state index in [1.807, 2.05) is 6.26 Å². The fourth-order valence-corrected chi connectivity index (χ4v) is 4.37. The summed E-state index contributed by atoms with van der Waals surface area (Å²) in [7, 11) is 1.57. The van der Waals surface area contributed by atoms with E-state index in [4.69, 9.17) is 16.3 Å². The zero-order valence-electron chi connectivity index (χ0n) is 16.4. The molecule has 1 atom stereocenters. The van der Waals surface area contributed by atoms with Gasteiger partial charge in [0.2, 0.25) is 5.91 Å². The fraction of sp³-hybridized carbons (Fsp3) is 0.526. The van der Waals surface area contributed by atoms with Crippen LogP contribution in [0, 0.1) is 0 Å². The minimum Gasteiger partial charge on any atom is -0.495 e. The van der Waals surface area contributed by atoms with Crippen molar-refractivity contribution in [3.8, 4) is 5.75 Å². The molecule has 2 aromatic rings. The van der Waals surface area contributed by atoms with Crippen molar-refractivity contribution < 1.29 is 9.53 Å². The number of anilines is 1. The number of halogens is 1. The molecule has 1 N–H and O–H groups in total. The predicted octanol–water partition coefficient (Wildman–Crippen LogP) is 3.50. The Bertz CT molecular complexity index is 829. The number of nitrogens with one attached hydrogen (secondary N) is 1. The zero-order valence-corrected chi connectivity index (χ0v) is 18.0. The molecule has 9 heteroatoms. The molecule has 1 aliphatic heterocycles. The molecule has 0 spiro atoms. The number of likely N-dealkylation sites (tertiary alicyclic amines) is 1. The Morgan fingerprint density at radius 1 is 1.43 bits per heavy atom. The van der Waals surface area contributed by atoms with E-state index in [9.17, 15) is 4.79 Å². The van der Waals surface area contributed by atoms with Crippen molar-refractivity contribution >= 4 is 35.0 Å². The Kier molecular flexibility index (Phi) is 7.20. The summed E-state index contributed by atoms with van der Waals surface area (Å²) < 4.78 is 7.47. The van der Waals surface area contributed by atoms with Gasteiger partial charge in [0.25, 0.3) is 0 Å². The van der Waals surface area contributed by atoms with Crippen LogP contribution in [0.25, 0.3) is 0 Å². The third kappa shape index (κ3) is 4.79. The summed E-state index contributed by atoms with van der Waals surface area (Å²) in [5.41, 5.74) is 0.587. The molecule has 3 rings (SSSR count). The molecule has 0 aliphatic carbocycles. The van der Waals surface area contributed by atoms with E-state index in [0.717, 1.165) is 43.5 Å². The number of rotatable bonds is 7. The highest BCUT2D eigenvalue weighted by Crippen LogP contribution is 2.29. The van der Waals surface area contributed by atoms with Crippen LogP contribution in [-0.4, -0.2) is 58.6 Å². The third-order valence-corrected chi connectivity index (χ3v) is 5.82. The normalized spacial score (nSPS) is 17.5. The number of carbonyl (C=O) groups excluding carboxylic acids is 1. The molecule has 1 amide bonds. The average molecular weight is 424 g/mol. The van der Waals surface area contributed by atoms with Crippen LogP contribution in [-0.2, 0) is 11.3 Å². The van der Waals surface area contributed by atoms with E-state index in [1.54, 1.807) is 37.1 Å². The molecular weight excluding hydrogens is 398 g/mol. The van der Waals surface area contributed by atoms with Gasteiger partial charge < -0.3 is 14.6 Å². The van der Waals surface area contributed by atoms with Gasteiger partial charge >= 0.3 is 0 Å². The van der Waals surface area contributed by atoms with Gasteiger partial charge in [0.1, 0.15) is 11.6 Å². The largest absolute Gasteiger partial charge is 0.495 e. The molecule has 1 aliphatic rings. The van der Waals surface area contributed by atoms with Crippen LogP contribution in [0.3, 0.4) is 0 Å². The monoisotopic (exact) mass is 423 g/mol. The summed E-state index contributed by atoms with van der Waals surface area (Å²) in [5, 5.41) is 13.1. The number of ether oxygens (including phenoxy) is 1. The highest BCUT2D eigenvalue weighted by atomic mass is 35.5. The number of nitrogens with zero attached hydrogens (tertiary/aromatic N) is 4. The molecule has 28 heavy (non-hydrogen) atoms. The highest BCUT2D eigenvalue weighted by molar-refractivity contribution is 7.98. The number of thioether (sulfide) groups is 1. The van der Waals surface area contributed by atoms with Crippen molar-refractivity contribution in [1.29, 1.82) is 0 Å². The van der Waals surface area contributed by atoms with Crippen molar-refractivity contribution in [3.05, 3.63) is 29.0 Å². The standard InChI is InChI=1S/C19H26ClN5O2S/c1-4-25-18(22-23-19(25)28-3)13-6-5-9-24(11-13)12-17(26)21-15-10-14(20)7-8-16(15)27-2/h7-8,10,13H,4-6,9,11-12H2,1-3H3,(H,21,26)/t13-/m1/s1. The first-order valence-corrected chi connectivity index (χ1v) is 11.0. The summed E-state index contributed by atoms with van der Waals surface area (Å²) in [5.74, 6) is 1.82. The van der Waals surface area contributed by atoms with Crippen LogP contribution in [0.15, 0.2) is 23.4 Å². The lowest BCUT2D eigenvalue weighted by atomic mass is 9.97. The number of carbonyl (C=O) groups is 1. The van der Waals surface area contributed by atoms with Gasteiger partial charge in [-0.15, -0.1) is 10.2 Å². The number of amides is 1. The quantitative estimate of drug-likeness (QED) is 0.687. The summed E-state index contributed by atoms with van der Waals surface area (Å²) >= 11 is 7.66. The average Bonchev–Trinajstić information content (AvgIpc) is 3.11. The van der Waals surface area contributed by atoms with Gasteiger partial charge in [-0.1, -0.05) is 23.4 Å². The molecule has 152 valence electrons. The van der Waals surface area contributed by atoms with Crippen LogP contribution in [0.1, 0.15) is 31.5 Å². The molecule has 0 bridgehead atoms. The molecule has 0 saturated carbocycles. The van der Waals surface area contributed by atoms with Crippen LogP contribution in [0.5, 0.6) is 5.75 Å². The molecule has 2 heterocycles. The fourth-order valence-electron chi connectivity index (χ4n) is 3.63. The number of benzene rings is 1. The molecule has 7 nitrogen and oxygen atoms in total. The van der Waals surface area contributed by atoms with Gasteiger partial charge in [-0.3, -0.25) is 9.69 Å². The molecule has 1 aromatic heterocycles. The van der Waals surface area contributed by atoms with Crippen molar-refractivity contribution in [2.75, 3.05) is 38.3 Å². The van der Waals surface area contributed by atoms with E-state index in [0.29, 0.717) is 23.0 Å². The first kappa shape index (κ1) is 21.0. The van der Waals surface area contributed by atoms with Gasteiger partial charge in [0, 0.05) is 24.0 Å². The van der Waals surface area contributed by atoms with Gasteiger partial charge in [-0.05, 0) is 50.8 Å². The Morgan fingerprint density at radius 2 is 2.25 bits per heavy atom. The Hall–Kier alpha value is -1.77. The van der Waals surface area contributed by atoms with E-state index < -0.39 is 0 Å². The molecule has 1 fully saturated rings. The van der Waals surface area contributed by atoms with Crippen molar-refractivity contribution in [2.24, 2.45) is 0 Å². The van der Waals surface area contributed by atoms with Crippen LogP contribution in [0.4, 0.5) is 5.69 Å². The zero-order chi connectivity index (χ0) is 20.1. The molecule has 0 unspecified atom stereocenters. The Labute approximate surface area is 174 Å². The van der Waals surface area contributed by atoms with Crippen molar-refractivity contribution in [3.63, 3.8) is 0 Å². The first-order chi connectivity index (χ1) is 13.5. The summed E-state index contributed by atoms with van der Waals surface area (Å²) in [6, 6.07) is 5.18. The Balaban J connectivity index is 1.64. The lowest BCUT2D eigenvalue weighted by Gasteiger charge is -2.31. The second kappa shape index (κ2) is 9.62. The highest BCUT2D eigenvalue weighted by Gasteiger charge is 2.27. The lowest BCUT2D eigenvalue weighted by molar-refractivity contribution is -0.117. The molecule has 1 aromatic carbocycles. The number of hydrogen-bond donors (Lipinski definition) is 1. The molecule has 0 radical (unpaired) electrons. The molecular formula is C19H26ClN5O2S. The van der Waals surface area contributed by atoms with Gasteiger partial charge in [-0.25, -0.2) is 0 Å². The van der Waals surface area contributed by atoms with Crippen LogP contribution >= 0.6 is 23.4 Å². The van der Waals surface area contributed by atoms with Gasteiger partial charge in [0.05, 0.1) is 19.3 Å². The summed E-state index contributed by atoms with van der Waals surface area (Å²) in [6.07, 6.45) is 4.11. The second-order valence-electron chi connectivity index (χ2n) is 6.76. The topological polar surface area (TPSA) is 72.3 Å². The Morgan fingerprint density at radius 3 is 2.96 bits per heavy atom. The van der Waals surface area contributed by atoms with E-state index in [2.05, 4.69) is 31.9 Å². The SMILES string of the molecule is CCn1c(SC)nnc1[C@@H]1CCCN(CC(=O)Nc2cc(Cl)ccc2OC)C1. The molecule has 1 saturated heterocycles. The van der Waals surface area contributed by atoms with E-state index in [-0.39, 0.29) is 11.8 Å². The smallest absolute Gasteiger partial charge is 0.238 e. The minimum absolute atomic E-state index is 0.0806. The maximum atomic E-state index is 12.6. The second-order valence-corrected chi connectivity index (χ2v) is 7.97. The number of piperidine rings is 1. The van der Waals surface area contributed by atoms with E-state index in [1.165, 1.54) is 0 Å². The lowest BCUT2D eigenvalue weighted by Crippen LogP contribution is -2.40. The van der Waals surface area contributed by atoms with Crippen LogP contribution < -0.4 is 10.1 Å². The van der Waals surface area contributed by atoms with Crippen molar-refractivity contribution in [1.82, 2.24) is 19.7 Å². The number of methoxy groups -OCH3 is 1. The summed E-state index contributed by atoms with van der Waals surface area (Å²) in [4.78, 5) is 14.8. The predicted molar refractivity (Wildman–Crippen MR) is 113 cm³/mol. The summed E-state index contributed by atoms with van der Waals surface area (Å²) in [6.45, 7) is 4.98.